The fourth-order valence-electron chi connectivity index (χ4n) is 3.66. The van der Waals surface area contributed by atoms with Crippen LogP contribution in [0.3, 0.4) is 0 Å². The number of piperazine rings is 1. The maximum Gasteiger partial charge on any atom is 0.251 e. The smallest absolute Gasteiger partial charge is 0.251 e. The number of rotatable bonds is 4. The molecule has 2 heterocycles. The first-order valence-corrected chi connectivity index (χ1v) is 9.81. The van der Waals surface area contributed by atoms with Crippen LogP contribution < -0.4 is 10.6 Å². The molecule has 2 N–H and O–H groups in total. The number of carbonyl (C=O) groups excluding carboxylic acids is 1. The molecule has 1 aliphatic rings. The summed E-state index contributed by atoms with van der Waals surface area (Å²) >= 11 is 11.7. The van der Waals surface area contributed by atoms with E-state index in [2.05, 4.69) is 22.8 Å². The predicted molar refractivity (Wildman–Crippen MR) is 113 cm³/mol. The number of nitrogens with zero attached hydrogens (tertiary/aromatic N) is 3. The number of benzene rings is 1. The molecule has 0 saturated carbocycles. The van der Waals surface area contributed by atoms with Gasteiger partial charge in [0, 0.05) is 42.6 Å². The highest BCUT2D eigenvalue weighted by atomic mass is 35.5. The Labute approximate surface area is 170 Å². The number of carbonyl (C=O) groups is 1. The summed E-state index contributed by atoms with van der Waals surface area (Å²) in [5, 5.41) is 0.763. The van der Waals surface area contributed by atoms with Gasteiger partial charge in [0.2, 0.25) is 0 Å². The van der Waals surface area contributed by atoms with Crippen LogP contribution in [0.2, 0.25) is 5.02 Å². The van der Waals surface area contributed by atoms with Crippen molar-refractivity contribution < 1.29 is 4.79 Å². The lowest BCUT2D eigenvalue weighted by Crippen LogP contribution is -2.47. The van der Waals surface area contributed by atoms with Gasteiger partial charge in [0.1, 0.15) is 4.64 Å². The second-order valence-electron chi connectivity index (χ2n) is 7.12. The van der Waals surface area contributed by atoms with Gasteiger partial charge >= 0.3 is 0 Å². The van der Waals surface area contributed by atoms with E-state index in [1.54, 1.807) is 0 Å². The SMILES string of the molecule is Cc1ccc(Cl)cc1N1CCN(Cn2c(C)cc(C)c(C(N)=O)c2=S)CC1. The summed E-state index contributed by atoms with van der Waals surface area (Å²) in [4.78, 5) is 16.5. The molecule has 0 spiro atoms. The highest BCUT2D eigenvalue weighted by molar-refractivity contribution is 7.71. The van der Waals surface area contributed by atoms with Crippen LogP contribution in [0.25, 0.3) is 0 Å². The first kappa shape index (κ1) is 19.9. The molecule has 1 aromatic heterocycles. The molecule has 1 amide bonds. The first-order valence-electron chi connectivity index (χ1n) is 9.02. The minimum atomic E-state index is -0.465. The molecule has 1 fully saturated rings. The fraction of sp³-hybridized carbons (Fsp3) is 0.400. The van der Waals surface area contributed by atoms with Crippen LogP contribution >= 0.6 is 23.8 Å². The van der Waals surface area contributed by atoms with Crippen LogP contribution in [0, 0.1) is 25.4 Å². The van der Waals surface area contributed by atoms with Gasteiger partial charge in [-0.15, -0.1) is 0 Å². The number of primary amides is 1. The highest BCUT2D eigenvalue weighted by Gasteiger charge is 2.20. The molecule has 144 valence electrons. The van der Waals surface area contributed by atoms with Crippen molar-refractivity contribution in [2.75, 3.05) is 31.1 Å². The molecule has 0 bridgehead atoms. The van der Waals surface area contributed by atoms with E-state index in [-0.39, 0.29) is 0 Å². The van der Waals surface area contributed by atoms with E-state index in [0.717, 1.165) is 42.5 Å². The van der Waals surface area contributed by atoms with Crippen molar-refractivity contribution >= 4 is 35.4 Å². The molecular formula is C20H25ClN4OS. The summed E-state index contributed by atoms with van der Waals surface area (Å²) in [5.74, 6) is -0.465. The summed E-state index contributed by atoms with van der Waals surface area (Å²) in [7, 11) is 0. The molecule has 2 aromatic rings. The van der Waals surface area contributed by atoms with Crippen molar-refractivity contribution in [2.45, 2.75) is 27.4 Å². The quantitative estimate of drug-likeness (QED) is 0.790. The number of aromatic nitrogens is 1. The van der Waals surface area contributed by atoms with Gasteiger partial charge in [-0.05, 0) is 50.1 Å². The van der Waals surface area contributed by atoms with Crippen molar-refractivity contribution in [3.05, 3.63) is 56.3 Å². The van der Waals surface area contributed by atoms with Crippen LogP contribution in [0.15, 0.2) is 24.3 Å². The molecule has 27 heavy (non-hydrogen) atoms. The lowest BCUT2D eigenvalue weighted by Gasteiger charge is -2.37. The Morgan fingerprint density at radius 3 is 2.41 bits per heavy atom. The molecule has 1 aliphatic heterocycles. The van der Waals surface area contributed by atoms with E-state index in [1.807, 2.05) is 36.6 Å². The molecule has 0 radical (unpaired) electrons. The molecule has 0 unspecified atom stereocenters. The lowest BCUT2D eigenvalue weighted by molar-refractivity contribution is 0.0997. The van der Waals surface area contributed by atoms with Crippen LogP contribution in [0.4, 0.5) is 5.69 Å². The maximum absolute atomic E-state index is 11.8. The topological polar surface area (TPSA) is 54.5 Å². The zero-order chi connectivity index (χ0) is 19.7. The second-order valence-corrected chi connectivity index (χ2v) is 7.94. The lowest BCUT2D eigenvalue weighted by atomic mass is 10.1. The van der Waals surface area contributed by atoms with Gasteiger partial charge in [0.25, 0.3) is 5.91 Å². The van der Waals surface area contributed by atoms with Crippen LogP contribution in [-0.4, -0.2) is 41.6 Å². The molecule has 3 rings (SSSR count). The number of nitrogens with two attached hydrogens (primary N) is 1. The van der Waals surface area contributed by atoms with Crippen molar-refractivity contribution in [3.8, 4) is 0 Å². The number of hydrogen-bond acceptors (Lipinski definition) is 4. The van der Waals surface area contributed by atoms with Gasteiger partial charge in [-0.25, -0.2) is 0 Å². The number of anilines is 1. The van der Waals surface area contributed by atoms with Gasteiger partial charge in [-0.1, -0.05) is 29.9 Å². The summed E-state index contributed by atoms with van der Waals surface area (Å²) in [5.41, 5.74) is 10.3. The summed E-state index contributed by atoms with van der Waals surface area (Å²) in [6.45, 7) is 10.3. The standard InChI is InChI=1S/C20H25ClN4OS/c1-13-4-5-16(21)11-17(13)24-8-6-23(7-9-24)12-25-15(3)10-14(2)18(19(22)26)20(25)27/h4-5,10-11H,6-9,12H2,1-3H3,(H2,22,26). The Morgan fingerprint density at radius 2 is 1.78 bits per heavy atom. The average Bonchev–Trinajstić information content (AvgIpc) is 2.61. The maximum atomic E-state index is 11.8. The Bertz CT molecular complexity index is 932. The van der Waals surface area contributed by atoms with E-state index in [1.165, 1.54) is 11.3 Å². The highest BCUT2D eigenvalue weighted by Crippen LogP contribution is 2.25. The molecular weight excluding hydrogens is 380 g/mol. The average molecular weight is 405 g/mol. The number of halogens is 1. The third kappa shape index (κ3) is 4.18. The minimum Gasteiger partial charge on any atom is -0.369 e. The molecule has 0 atom stereocenters. The number of pyridine rings is 1. The zero-order valence-electron chi connectivity index (χ0n) is 16.0. The monoisotopic (exact) mass is 404 g/mol. The van der Waals surface area contributed by atoms with Crippen molar-refractivity contribution in [3.63, 3.8) is 0 Å². The molecule has 5 nitrogen and oxygen atoms in total. The third-order valence-electron chi connectivity index (χ3n) is 5.18. The normalized spacial score (nSPS) is 15.2. The number of aryl methyl sites for hydroxylation is 3. The molecule has 1 saturated heterocycles. The van der Waals surface area contributed by atoms with Gasteiger partial charge in [0.05, 0.1) is 12.2 Å². The van der Waals surface area contributed by atoms with E-state index < -0.39 is 5.91 Å². The third-order valence-corrected chi connectivity index (χ3v) is 5.84. The predicted octanol–water partition coefficient (Wildman–Crippen LogP) is 3.67. The minimum absolute atomic E-state index is 0.448. The summed E-state index contributed by atoms with van der Waals surface area (Å²) in [6.07, 6.45) is 0. The number of amides is 1. The van der Waals surface area contributed by atoms with E-state index in [0.29, 0.717) is 16.9 Å². The van der Waals surface area contributed by atoms with Crippen LogP contribution in [0.5, 0.6) is 0 Å². The molecule has 7 heteroatoms. The van der Waals surface area contributed by atoms with Gasteiger partial charge in [0.15, 0.2) is 0 Å². The Kier molecular flexibility index (Phi) is 5.89. The zero-order valence-corrected chi connectivity index (χ0v) is 17.5. The number of hydrogen-bond donors (Lipinski definition) is 1. The van der Waals surface area contributed by atoms with Crippen molar-refractivity contribution in [1.29, 1.82) is 0 Å². The van der Waals surface area contributed by atoms with Crippen LogP contribution in [0.1, 0.15) is 27.2 Å². The molecule has 1 aromatic carbocycles. The molecule has 0 aliphatic carbocycles. The Morgan fingerprint density at radius 1 is 1.11 bits per heavy atom. The summed E-state index contributed by atoms with van der Waals surface area (Å²) < 4.78 is 2.52. The van der Waals surface area contributed by atoms with Crippen LogP contribution in [-0.2, 0) is 6.67 Å². The second kappa shape index (κ2) is 8.00. The van der Waals surface area contributed by atoms with E-state index in [4.69, 9.17) is 29.6 Å². The fourth-order valence-corrected chi connectivity index (χ4v) is 4.29. The van der Waals surface area contributed by atoms with Gasteiger partial charge in [-0.2, -0.15) is 0 Å². The Balaban J connectivity index is 1.75. The summed E-state index contributed by atoms with van der Waals surface area (Å²) in [6, 6.07) is 7.99. The van der Waals surface area contributed by atoms with Gasteiger partial charge in [-0.3, -0.25) is 9.69 Å². The van der Waals surface area contributed by atoms with Gasteiger partial charge < -0.3 is 15.2 Å². The van der Waals surface area contributed by atoms with Crippen molar-refractivity contribution in [2.24, 2.45) is 5.73 Å². The van der Waals surface area contributed by atoms with E-state index >= 15 is 0 Å². The van der Waals surface area contributed by atoms with Crippen molar-refractivity contribution in [1.82, 2.24) is 9.47 Å². The largest absolute Gasteiger partial charge is 0.369 e. The van der Waals surface area contributed by atoms with E-state index in [9.17, 15) is 4.79 Å². The Hall–Kier alpha value is -1.89. The first-order chi connectivity index (χ1) is 12.8.